The minimum atomic E-state index is -0.0885. The smallest absolute Gasteiger partial charge is 0.120 e. The highest BCUT2D eigenvalue weighted by Gasteiger charge is 2.05. The van der Waals surface area contributed by atoms with Crippen molar-refractivity contribution in [3.8, 4) is 5.75 Å². The first-order valence-corrected chi connectivity index (χ1v) is 7.20. The summed E-state index contributed by atoms with van der Waals surface area (Å²) < 4.78 is 6.58. The number of ether oxygens (including phenoxy) is 1. The molecule has 2 aromatic carbocycles. The van der Waals surface area contributed by atoms with Gasteiger partial charge in [0.25, 0.3) is 0 Å². The lowest BCUT2D eigenvalue weighted by Crippen LogP contribution is -1.98. The van der Waals surface area contributed by atoms with E-state index in [2.05, 4.69) is 15.9 Å². The van der Waals surface area contributed by atoms with Crippen LogP contribution in [0.1, 0.15) is 16.7 Å². The van der Waals surface area contributed by atoms with Crippen LogP contribution >= 0.6 is 27.5 Å². The Bertz CT molecular complexity index is 579. The summed E-state index contributed by atoms with van der Waals surface area (Å²) in [6.45, 7) is 0.196. The van der Waals surface area contributed by atoms with Crippen LogP contribution < -0.4 is 4.74 Å². The van der Waals surface area contributed by atoms with Gasteiger partial charge in [0.2, 0.25) is 0 Å². The molecule has 2 aromatic rings. The molecule has 0 aliphatic heterocycles. The van der Waals surface area contributed by atoms with Crippen molar-refractivity contribution in [1.82, 2.24) is 0 Å². The Morgan fingerprint density at radius 2 is 1.65 bits per heavy atom. The number of aliphatic hydroxyl groups excluding tert-OH is 2. The normalized spacial score (nSPS) is 10.6. The van der Waals surface area contributed by atoms with Crippen molar-refractivity contribution in [3.05, 3.63) is 62.6 Å². The van der Waals surface area contributed by atoms with E-state index in [1.165, 1.54) is 0 Å². The van der Waals surface area contributed by atoms with Gasteiger partial charge in [0, 0.05) is 15.1 Å². The third-order valence-corrected chi connectivity index (χ3v) is 3.77. The molecule has 0 heterocycles. The zero-order valence-corrected chi connectivity index (χ0v) is 13.0. The second kappa shape index (κ2) is 7.09. The van der Waals surface area contributed by atoms with E-state index in [1.807, 2.05) is 12.1 Å². The predicted molar refractivity (Wildman–Crippen MR) is 81.8 cm³/mol. The van der Waals surface area contributed by atoms with Gasteiger partial charge in [0.05, 0.1) is 13.2 Å². The lowest BCUT2D eigenvalue weighted by atomic mass is 10.1. The average Bonchev–Trinajstić information content (AvgIpc) is 2.46. The lowest BCUT2D eigenvalue weighted by molar-refractivity contribution is 0.269. The van der Waals surface area contributed by atoms with E-state index < -0.39 is 0 Å². The van der Waals surface area contributed by atoms with Crippen molar-refractivity contribution in [1.29, 1.82) is 0 Å². The second-order valence-electron chi connectivity index (χ2n) is 4.33. The fourth-order valence-electron chi connectivity index (χ4n) is 1.79. The number of hydrogen-bond donors (Lipinski definition) is 2. The van der Waals surface area contributed by atoms with Gasteiger partial charge in [-0.3, -0.25) is 0 Å². The predicted octanol–water partition coefficient (Wildman–Crippen LogP) is 3.67. The molecule has 0 aliphatic rings. The van der Waals surface area contributed by atoms with E-state index in [-0.39, 0.29) is 13.2 Å². The van der Waals surface area contributed by atoms with Gasteiger partial charge in [0.1, 0.15) is 12.4 Å². The Balaban J connectivity index is 2.13. The zero-order valence-electron chi connectivity index (χ0n) is 10.6. The van der Waals surface area contributed by atoms with Crippen LogP contribution in [0.5, 0.6) is 5.75 Å². The van der Waals surface area contributed by atoms with Crippen LogP contribution in [0.2, 0.25) is 5.02 Å². The Labute approximate surface area is 130 Å². The molecular formula is C15H14BrClO3. The Morgan fingerprint density at radius 1 is 1.00 bits per heavy atom. The number of hydrogen-bond acceptors (Lipinski definition) is 3. The Hall–Kier alpha value is -1.07. The van der Waals surface area contributed by atoms with E-state index >= 15 is 0 Å². The van der Waals surface area contributed by atoms with Gasteiger partial charge in [0.15, 0.2) is 0 Å². The van der Waals surface area contributed by atoms with Crippen molar-refractivity contribution in [2.24, 2.45) is 0 Å². The maximum Gasteiger partial charge on any atom is 0.120 e. The van der Waals surface area contributed by atoms with Crippen LogP contribution in [0, 0.1) is 0 Å². The molecule has 0 aliphatic carbocycles. The van der Waals surface area contributed by atoms with Crippen molar-refractivity contribution in [3.63, 3.8) is 0 Å². The summed E-state index contributed by atoms with van der Waals surface area (Å²) in [4.78, 5) is 0. The van der Waals surface area contributed by atoms with E-state index in [0.29, 0.717) is 28.5 Å². The van der Waals surface area contributed by atoms with E-state index in [0.717, 1.165) is 10.0 Å². The topological polar surface area (TPSA) is 49.7 Å². The molecule has 20 heavy (non-hydrogen) atoms. The van der Waals surface area contributed by atoms with Crippen LogP contribution in [-0.4, -0.2) is 10.2 Å². The third-order valence-electron chi connectivity index (χ3n) is 2.80. The van der Waals surface area contributed by atoms with Gasteiger partial charge < -0.3 is 14.9 Å². The van der Waals surface area contributed by atoms with Crippen LogP contribution in [0.3, 0.4) is 0 Å². The number of rotatable bonds is 5. The summed E-state index contributed by atoms with van der Waals surface area (Å²) in [6.07, 6.45) is 0. The van der Waals surface area contributed by atoms with Crippen LogP contribution in [0.25, 0.3) is 0 Å². The molecule has 2 N–H and O–H groups in total. The maximum atomic E-state index is 9.18. The molecule has 0 amide bonds. The van der Waals surface area contributed by atoms with Crippen LogP contribution in [0.4, 0.5) is 0 Å². The molecule has 0 atom stereocenters. The van der Waals surface area contributed by atoms with Crippen LogP contribution in [0.15, 0.2) is 40.9 Å². The molecule has 0 unspecified atom stereocenters. The van der Waals surface area contributed by atoms with E-state index in [1.54, 1.807) is 24.3 Å². The molecule has 0 saturated heterocycles. The fourth-order valence-corrected chi connectivity index (χ4v) is 2.59. The molecule has 0 aromatic heterocycles. The third kappa shape index (κ3) is 3.96. The first-order chi connectivity index (χ1) is 9.62. The molecular weight excluding hydrogens is 344 g/mol. The van der Waals surface area contributed by atoms with Crippen molar-refractivity contribution in [2.45, 2.75) is 19.8 Å². The first-order valence-electron chi connectivity index (χ1n) is 6.03. The van der Waals surface area contributed by atoms with Gasteiger partial charge in [-0.15, -0.1) is 0 Å². The average molecular weight is 358 g/mol. The van der Waals surface area contributed by atoms with Crippen LogP contribution in [-0.2, 0) is 19.8 Å². The highest BCUT2D eigenvalue weighted by atomic mass is 79.9. The van der Waals surface area contributed by atoms with Crippen molar-refractivity contribution >= 4 is 27.5 Å². The summed E-state index contributed by atoms with van der Waals surface area (Å²) in [7, 11) is 0. The molecule has 0 saturated carbocycles. The molecule has 5 heteroatoms. The molecule has 2 rings (SSSR count). The summed E-state index contributed by atoms with van der Waals surface area (Å²) in [5.41, 5.74) is 2.39. The Morgan fingerprint density at radius 3 is 2.20 bits per heavy atom. The lowest BCUT2D eigenvalue weighted by Gasteiger charge is -2.11. The number of benzene rings is 2. The van der Waals surface area contributed by atoms with Gasteiger partial charge in [-0.25, -0.2) is 0 Å². The zero-order chi connectivity index (χ0) is 14.5. The molecule has 0 bridgehead atoms. The SMILES string of the molecule is OCc1cc(CO)cc(OCc2ccc(Cl)cc2Br)c1. The van der Waals surface area contributed by atoms with Gasteiger partial charge in [-0.05, 0) is 35.4 Å². The molecule has 0 radical (unpaired) electrons. The summed E-state index contributed by atoms with van der Waals surface area (Å²) in [6, 6.07) is 10.7. The quantitative estimate of drug-likeness (QED) is 0.858. The largest absolute Gasteiger partial charge is 0.489 e. The second-order valence-corrected chi connectivity index (χ2v) is 5.62. The van der Waals surface area contributed by atoms with Gasteiger partial charge >= 0.3 is 0 Å². The minimum absolute atomic E-state index is 0.0885. The van der Waals surface area contributed by atoms with E-state index in [4.69, 9.17) is 16.3 Å². The highest BCUT2D eigenvalue weighted by molar-refractivity contribution is 9.10. The monoisotopic (exact) mass is 356 g/mol. The minimum Gasteiger partial charge on any atom is -0.489 e. The first kappa shape index (κ1) is 15.3. The number of halogens is 2. The molecule has 0 fully saturated rings. The van der Waals surface area contributed by atoms with Gasteiger partial charge in [-0.1, -0.05) is 39.7 Å². The fraction of sp³-hybridized carbons (Fsp3) is 0.200. The van der Waals surface area contributed by atoms with Crippen molar-refractivity contribution < 1.29 is 14.9 Å². The maximum absolute atomic E-state index is 9.18. The molecule has 0 spiro atoms. The summed E-state index contributed by atoms with van der Waals surface area (Å²) in [5, 5.41) is 19.0. The Kier molecular flexibility index (Phi) is 5.43. The van der Waals surface area contributed by atoms with E-state index in [9.17, 15) is 10.2 Å². The van der Waals surface area contributed by atoms with Crippen molar-refractivity contribution in [2.75, 3.05) is 0 Å². The van der Waals surface area contributed by atoms with Gasteiger partial charge in [-0.2, -0.15) is 0 Å². The standard InChI is InChI=1S/C15H14BrClO3/c16-15-6-13(17)2-1-12(15)9-20-14-4-10(7-18)3-11(5-14)8-19/h1-6,18-19H,7-9H2. The highest BCUT2D eigenvalue weighted by Crippen LogP contribution is 2.24. The number of aliphatic hydroxyl groups is 2. The summed E-state index contributed by atoms with van der Waals surface area (Å²) >= 11 is 9.32. The summed E-state index contributed by atoms with van der Waals surface area (Å²) in [5.74, 6) is 0.613. The molecule has 106 valence electrons. The molecule has 3 nitrogen and oxygen atoms in total.